The number of benzene rings is 2. The Bertz CT molecular complexity index is 699. The number of hydrogen-bond donors (Lipinski definition) is 0. The van der Waals surface area contributed by atoms with E-state index in [-0.39, 0.29) is 5.41 Å². The van der Waals surface area contributed by atoms with Gasteiger partial charge < -0.3 is 0 Å². The summed E-state index contributed by atoms with van der Waals surface area (Å²) >= 11 is 0. The van der Waals surface area contributed by atoms with Crippen LogP contribution in [0, 0.1) is 0 Å². The maximum atomic E-state index is 12.8. The number of Topliss-reactive ketones (excluding diaryl/α,β-unsaturated/α-hetero) is 1. The lowest BCUT2D eigenvalue weighted by molar-refractivity contribution is -0.127. The van der Waals surface area contributed by atoms with Crippen molar-refractivity contribution in [3.8, 4) is 0 Å². The van der Waals surface area contributed by atoms with E-state index in [9.17, 15) is 4.79 Å². The molecule has 0 saturated carbocycles. The van der Waals surface area contributed by atoms with Gasteiger partial charge in [-0.2, -0.15) is 0 Å². The van der Waals surface area contributed by atoms with Gasteiger partial charge in [0.1, 0.15) is 5.78 Å². The Morgan fingerprint density at radius 3 is 2.35 bits per heavy atom. The molecule has 118 valence electrons. The number of carbonyl (C=O) groups excluding carboxylic acids is 1. The summed E-state index contributed by atoms with van der Waals surface area (Å²) in [5.41, 5.74) is 3.86. The predicted molar refractivity (Wildman–Crippen MR) is 92.4 cm³/mol. The molecule has 1 heterocycles. The summed E-state index contributed by atoms with van der Waals surface area (Å²) in [6.07, 6.45) is 3.57. The Kier molecular flexibility index (Phi) is 3.78. The van der Waals surface area contributed by atoms with Gasteiger partial charge >= 0.3 is 0 Å². The highest BCUT2D eigenvalue weighted by Gasteiger charge is 2.45. The summed E-state index contributed by atoms with van der Waals surface area (Å²) in [5, 5.41) is 0. The zero-order valence-electron chi connectivity index (χ0n) is 13.5. The molecule has 1 fully saturated rings. The van der Waals surface area contributed by atoms with Crippen LogP contribution in [0.15, 0.2) is 54.6 Å². The number of carbonyl (C=O) groups is 1. The van der Waals surface area contributed by atoms with Gasteiger partial charge in [0.25, 0.3) is 0 Å². The first-order chi connectivity index (χ1) is 11.3. The summed E-state index contributed by atoms with van der Waals surface area (Å²) in [7, 11) is 0. The number of piperidine rings is 1. The van der Waals surface area contributed by atoms with Gasteiger partial charge in [-0.3, -0.25) is 9.69 Å². The molecule has 2 aromatic carbocycles. The molecule has 1 spiro atoms. The first kappa shape index (κ1) is 14.6. The van der Waals surface area contributed by atoms with E-state index < -0.39 is 0 Å². The number of aryl methyl sites for hydroxylation is 1. The SMILES string of the molecule is O=C1CCc2ccccc2C12CCN(Cc1ccccc1)CC2. The van der Waals surface area contributed by atoms with Crippen LogP contribution in [0.3, 0.4) is 0 Å². The largest absolute Gasteiger partial charge is 0.299 e. The maximum Gasteiger partial charge on any atom is 0.143 e. The van der Waals surface area contributed by atoms with Crippen LogP contribution in [-0.2, 0) is 23.2 Å². The minimum atomic E-state index is -0.206. The molecule has 0 amide bonds. The summed E-state index contributed by atoms with van der Waals surface area (Å²) in [5.74, 6) is 0.468. The van der Waals surface area contributed by atoms with Crippen molar-refractivity contribution in [1.29, 1.82) is 0 Å². The van der Waals surface area contributed by atoms with Crippen LogP contribution in [0.5, 0.6) is 0 Å². The fraction of sp³-hybridized carbons (Fsp3) is 0.381. The molecule has 23 heavy (non-hydrogen) atoms. The normalized spacial score (nSPS) is 20.4. The third-order valence-electron chi connectivity index (χ3n) is 5.65. The highest BCUT2D eigenvalue weighted by atomic mass is 16.1. The molecule has 0 N–H and O–H groups in total. The first-order valence-electron chi connectivity index (χ1n) is 8.66. The molecule has 2 nitrogen and oxygen atoms in total. The number of ketones is 1. The third-order valence-corrected chi connectivity index (χ3v) is 5.65. The highest BCUT2D eigenvalue weighted by Crippen LogP contribution is 2.42. The van der Waals surface area contributed by atoms with Crippen molar-refractivity contribution in [3.05, 3.63) is 71.3 Å². The van der Waals surface area contributed by atoms with Crippen LogP contribution in [0.4, 0.5) is 0 Å². The fourth-order valence-corrected chi connectivity index (χ4v) is 4.33. The monoisotopic (exact) mass is 305 g/mol. The number of nitrogens with zero attached hydrogens (tertiary/aromatic N) is 1. The molecule has 0 unspecified atom stereocenters. The van der Waals surface area contributed by atoms with Crippen LogP contribution in [0.2, 0.25) is 0 Å². The Balaban J connectivity index is 1.53. The standard InChI is InChI=1S/C21H23NO/c23-20-11-10-18-8-4-5-9-19(18)21(20)12-14-22(15-13-21)16-17-6-2-1-3-7-17/h1-9H,10-16H2. The Hall–Kier alpha value is -1.93. The average molecular weight is 305 g/mol. The van der Waals surface area contributed by atoms with Gasteiger partial charge in [0, 0.05) is 13.0 Å². The van der Waals surface area contributed by atoms with Gasteiger partial charge in [-0.25, -0.2) is 0 Å². The second-order valence-electron chi connectivity index (χ2n) is 6.92. The topological polar surface area (TPSA) is 20.3 Å². The zero-order chi connectivity index (χ0) is 15.7. The van der Waals surface area contributed by atoms with Crippen molar-refractivity contribution >= 4 is 5.78 Å². The lowest BCUT2D eigenvalue weighted by atomic mass is 9.64. The molecule has 2 aliphatic rings. The highest BCUT2D eigenvalue weighted by molar-refractivity contribution is 5.92. The molecule has 4 rings (SSSR count). The molecular formula is C21H23NO. The maximum absolute atomic E-state index is 12.8. The Morgan fingerprint density at radius 1 is 0.870 bits per heavy atom. The minimum absolute atomic E-state index is 0.206. The number of rotatable bonds is 2. The van der Waals surface area contributed by atoms with Gasteiger partial charge in [0.05, 0.1) is 5.41 Å². The summed E-state index contributed by atoms with van der Waals surface area (Å²) < 4.78 is 0. The van der Waals surface area contributed by atoms with Gasteiger partial charge in [-0.05, 0) is 49.0 Å². The second kappa shape index (κ2) is 5.93. The molecular weight excluding hydrogens is 282 g/mol. The number of hydrogen-bond acceptors (Lipinski definition) is 2. The van der Waals surface area contributed by atoms with Crippen LogP contribution in [0.25, 0.3) is 0 Å². The van der Waals surface area contributed by atoms with Crippen LogP contribution >= 0.6 is 0 Å². The molecule has 0 bridgehead atoms. The number of fused-ring (bicyclic) bond motifs is 2. The molecule has 2 heteroatoms. The van der Waals surface area contributed by atoms with Crippen molar-refractivity contribution in [1.82, 2.24) is 4.90 Å². The molecule has 0 radical (unpaired) electrons. The molecule has 1 saturated heterocycles. The lowest BCUT2D eigenvalue weighted by Crippen LogP contribution is -2.49. The predicted octanol–water partition coefficient (Wildman–Crippen LogP) is 3.74. The quantitative estimate of drug-likeness (QED) is 0.842. The van der Waals surface area contributed by atoms with E-state index in [4.69, 9.17) is 0 Å². The van der Waals surface area contributed by atoms with E-state index in [0.29, 0.717) is 5.78 Å². The van der Waals surface area contributed by atoms with E-state index >= 15 is 0 Å². The fourth-order valence-electron chi connectivity index (χ4n) is 4.33. The first-order valence-corrected chi connectivity index (χ1v) is 8.66. The van der Waals surface area contributed by atoms with E-state index in [2.05, 4.69) is 59.5 Å². The van der Waals surface area contributed by atoms with Crippen molar-refractivity contribution in [3.63, 3.8) is 0 Å². The molecule has 2 aromatic rings. The smallest absolute Gasteiger partial charge is 0.143 e. The molecule has 0 atom stereocenters. The van der Waals surface area contributed by atoms with Gasteiger partial charge in [-0.15, -0.1) is 0 Å². The lowest BCUT2D eigenvalue weighted by Gasteiger charge is -2.44. The Morgan fingerprint density at radius 2 is 1.57 bits per heavy atom. The van der Waals surface area contributed by atoms with Crippen molar-refractivity contribution in [2.75, 3.05) is 13.1 Å². The van der Waals surface area contributed by atoms with Gasteiger partial charge in [-0.1, -0.05) is 54.6 Å². The van der Waals surface area contributed by atoms with E-state index in [1.807, 2.05) is 0 Å². The van der Waals surface area contributed by atoms with E-state index in [1.54, 1.807) is 0 Å². The van der Waals surface area contributed by atoms with Crippen molar-refractivity contribution in [2.45, 2.75) is 37.6 Å². The second-order valence-corrected chi connectivity index (χ2v) is 6.92. The third kappa shape index (κ3) is 2.61. The van der Waals surface area contributed by atoms with Gasteiger partial charge in [0.2, 0.25) is 0 Å². The summed E-state index contributed by atoms with van der Waals surface area (Å²) in [6, 6.07) is 19.2. The Labute approximate surface area is 138 Å². The summed E-state index contributed by atoms with van der Waals surface area (Å²) in [6.45, 7) is 3.01. The molecule has 0 aromatic heterocycles. The van der Waals surface area contributed by atoms with Crippen LogP contribution in [0.1, 0.15) is 36.0 Å². The van der Waals surface area contributed by atoms with Crippen molar-refractivity contribution < 1.29 is 4.79 Å². The number of likely N-dealkylation sites (tertiary alicyclic amines) is 1. The minimum Gasteiger partial charge on any atom is -0.299 e. The van der Waals surface area contributed by atoms with Crippen LogP contribution < -0.4 is 0 Å². The van der Waals surface area contributed by atoms with Crippen molar-refractivity contribution in [2.24, 2.45) is 0 Å². The zero-order valence-corrected chi connectivity index (χ0v) is 13.5. The van der Waals surface area contributed by atoms with Gasteiger partial charge in [0.15, 0.2) is 0 Å². The molecule has 1 aliphatic carbocycles. The van der Waals surface area contributed by atoms with E-state index in [1.165, 1.54) is 16.7 Å². The summed E-state index contributed by atoms with van der Waals surface area (Å²) in [4.78, 5) is 15.3. The molecule has 1 aliphatic heterocycles. The average Bonchev–Trinajstić information content (AvgIpc) is 2.61. The van der Waals surface area contributed by atoms with E-state index in [0.717, 1.165) is 45.3 Å². The van der Waals surface area contributed by atoms with Crippen LogP contribution in [-0.4, -0.2) is 23.8 Å².